The molecule has 0 bridgehead atoms. The normalized spacial score (nSPS) is 10.6. The molecule has 1 N–H and O–H groups in total. The number of hydrogen-bond donors (Lipinski definition) is 1. The Morgan fingerprint density at radius 1 is 1.06 bits per heavy atom. The molecule has 0 saturated heterocycles. The van der Waals surface area contributed by atoms with Crippen molar-refractivity contribution in [2.75, 3.05) is 16.8 Å². The van der Waals surface area contributed by atoms with Crippen LogP contribution in [0, 0.1) is 5.82 Å². The number of pyridine rings is 2. The Morgan fingerprint density at radius 2 is 1.94 bits per heavy atom. The third kappa shape index (κ3) is 5.67. The van der Waals surface area contributed by atoms with E-state index in [0.717, 1.165) is 29.4 Å². The van der Waals surface area contributed by atoms with Crippen molar-refractivity contribution in [3.63, 3.8) is 0 Å². The van der Waals surface area contributed by atoms with E-state index in [1.807, 2.05) is 35.7 Å². The van der Waals surface area contributed by atoms with Gasteiger partial charge in [0.25, 0.3) is 0 Å². The molecule has 0 unspecified atom stereocenters. The number of nitrogens with one attached hydrogen (secondary N) is 1. The number of carbonyl (C=O) groups is 2. The second-order valence-corrected chi connectivity index (χ2v) is 8.26. The highest BCUT2D eigenvalue weighted by Crippen LogP contribution is 2.30. The highest BCUT2D eigenvalue weighted by atomic mass is 32.1. The van der Waals surface area contributed by atoms with E-state index < -0.39 is 0 Å². The summed E-state index contributed by atoms with van der Waals surface area (Å²) in [6, 6.07) is 15.6. The van der Waals surface area contributed by atoms with Gasteiger partial charge in [-0.2, -0.15) is 0 Å². The second-order valence-electron chi connectivity index (χ2n) is 7.32. The summed E-state index contributed by atoms with van der Waals surface area (Å²) in [5.74, 6) is 0.249. The van der Waals surface area contributed by atoms with Crippen molar-refractivity contribution in [3.05, 3.63) is 94.2 Å². The van der Waals surface area contributed by atoms with E-state index in [9.17, 15) is 14.0 Å². The first-order chi connectivity index (χ1) is 16.2. The lowest BCUT2D eigenvalue weighted by Gasteiger charge is -2.21. The van der Waals surface area contributed by atoms with Gasteiger partial charge in [-0.05, 0) is 53.9 Å². The SMILES string of the molecule is O=Cc1cc(-c2ccc(N(C=O)Cc3cccnc3)c(NCCc3cccc(F)c3)n2)cs1. The predicted octanol–water partition coefficient (Wildman–Crippen LogP) is 4.97. The first-order valence-corrected chi connectivity index (χ1v) is 11.2. The molecule has 0 radical (unpaired) electrons. The Hall–Kier alpha value is -3.91. The summed E-state index contributed by atoms with van der Waals surface area (Å²) in [6.07, 6.45) is 5.54. The molecule has 0 atom stereocenters. The van der Waals surface area contributed by atoms with Crippen LogP contribution in [0.25, 0.3) is 11.3 Å². The largest absolute Gasteiger partial charge is 0.368 e. The number of rotatable bonds is 10. The third-order valence-electron chi connectivity index (χ3n) is 5.01. The van der Waals surface area contributed by atoms with Crippen LogP contribution < -0.4 is 10.2 Å². The zero-order valence-electron chi connectivity index (χ0n) is 17.6. The van der Waals surface area contributed by atoms with Crippen molar-refractivity contribution in [2.24, 2.45) is 0 Å². The minimum absolute atomic E-state index is 0.277. The van der Waals surface area contributed by atoms with Crippen molar-refractivity contribution in [1.82, 2.24) is 9.97 Å². The quantitative estimate of drug-likeness (QED) is 0.338. The van der Waals surface area contributed by atoms with E-state index in [4.69, 9.17) is 4.98 Å². The number of aldehydes is 1. The molecular formula is C25H21FN4O2S. The molecule has 0 aliphatic heterocycles. The highest BCUT2D eigenvalue weighted by molar-refractivity contribution is 7.12. The first-order valence-electron chi connectivity index (χ1n) is 10.3. The summed E-state index contributed by atoms with van der Waals surface area (Å²) >= 11 is 1.35. The van der Waals surface area contributed by atoms with Crippen molar-refractivity contribution in [3.8, 4) is 11.3 Å². The lowest BCUT2D eigenvalue weighted by molar-refractivity contribution is -0.107. The first kappa shape index (κ1) is 22.3. The van der Waals surface area contributed by atoms with Gasteiger partial charge in [0.05, 0.1) is 22.8 Å². The van der Waals surface area contributed by atoms with Crippen LogP contribution in [-0.4, -0.2) is 29.2 Å². The summed E-state index contributed by atoms with van der Waals surface area (Å²) < 4.78 is 13.5. The fourth-order valence-electron chi connectivity index (χ4n) is 3.41. The lowest BCUT2D eigenvalue weighted by Crippen LogP contribution is -2.23. The fourth-order valence-corrected chi connectivity index (χ4v) is 4.11. The topological polar surface area (TPSA) is 75.2 Å². The molecular weight excluding hydrogens is 439 g/mol. The minimum Gasteiger partial charge on any atom is -0.368 e. The Bertz CT molecular complexity index is 1250. The summed E-state index contributed by atoms with van der Waals surface area (Å²) in [5, 5.41) is 5.17. The van der Waals surface area contributed by atoms with Gasteiger partial charge in [0, 0.05) is 29.9 Å². The average Bonchev–Trinajstić information content (AvgIpc) is 3.33. The summed E-state index contributed by atoms with van der Waals surface area (Å²) in [4.78, 5) is 34.1. The number of aromatic nitrogens is 2. The van der Waals surface area contributed by atoms with E-state index in [2.05, 4.69) is 10.3 Å². The molecule has 0 spiro atoms. The Morgan fingerprint density at radius 3 is 2.67 bits per heavy atom. The van der Waals surface area contributed by atoms with Crippen LogP contribution in [0.2, 0.25) is 0 Å². The number of nitrogens with zero attached hydrogens (tertiary/aromatic N) is 3. The fraction of sp³-hybridized carbons (Fsp3) is 0.120. The van der Waals surface area contributed by atoms with Gasteiger partial charge in [0.15, 0.2) is 12.1 Å². The van der Waals surface area contributed by atoms with Crippen molar-refractivity contribution >= 4 is 35.5 Å². The molecule has 6 nitrogen and oxygen atoms in total. The van der Waals surface area contributed by atoms with E-state index in [-0.39, 0.29) is 5.82 Å². The smallest absolute Gasteiger partial charge is 0.214 e. The van der Waals surface area contributed by atoms with Gasteiger partial charge in [-0.15, -0.1) is 11.3 Å². The predicted molar refractivity (Wildman–Crippen MR) is 128 cm³/mol. The number of carbonyl (C=O) groups excluding carboxylic acids is 2. The lowest BCUT2D eigenvalue weighted by atomic mass is 10.1. The van der Waals surface area contributed by atoms with Crippen LogP contribution in [0.3, 0.4) is 0 Å². The van der Waals surface area contributed by atoms with Crippen LogP contribution in [0.4, 0.5) is 15.9 Å². The number of anilines is 2. The molecule has 8 heteroatoms. The number of benzene rings is 1. The van der Waals surface area contributed by atoms with Gasteiger partial charge in [-0.1, -0.05) is 18.2 Å². The van der Waals surface area contributed by atoms with Crippen molar-refractivity contribution in [2.45, 2.75) is 13.0 Å². The second kappa shape index (κ2) is 10.6. The van der Waals surface area contributed by atoms with Crippen LogP contribution in [-0.2, 0) is 17.8 Å². The van der Waals surface area contributed by atoms with Crippen LogP contribution in [0.1, 0.15) is 20.8 Å². The number of halogens is 1. The molecule has 1 aromatic carbocycles. The maximum Gasteiger partial charge on any atom is 0.214 e. The Kier molecular flexibility index (Phi) is 7.16. The van der Waals surface area contributed by atoms with E-state index in [1.54, 1.807) is 29.4 Å². The molecule has 4 aromatic rings. The van der Waals surface area contributed by atoms with Gasteiger partial charge >= 0.3 is 0 Å². The number of amides is 1. The van der Waals surface area contributed by atoms with Crippen LogP contribution >= 0.6 is 11.3 Å². The summed E-state index contributed by atoms with van der Waals surface area (Å²) in [5.41, 5.74) is 3.86. The zero-order valence-corrected chi connectivity index (χ0v) is 18.5. The molecule has 0 fully saturated rings. The van der Waals surface area contributed by atoms with Crippen molar-refractivity contribution < 1.29 is 14.0 Å². The average molecular weight is 461 g/mol. The molecule has 166 valence electrons. The number of thiophene rings is 1. The molecule has 4 rings (SSSR count). The molecule has 0 aliphatic rings. The molecule has 3 aromatic heterocycles. The Labute approximate surface area is 194 Å². The minimum atomic E-state index is -0.277. The van der Waals surface area contributed by atoms with E-state index >= 15 is 0 Å². The molecule has 0 aliphatic carbocycles. The van der Waals surface area contributed by atoms with Gasteiger partial charge < -0.3 is 10.2 Å². The maximum absolute atomic E-state index is 13.5. The molecule has 0 saturated carbocycles. The zero-order chi connectivity index (χ0) is 23.0. The molecule has 33 heavy (non-hydrogen) atoms. The van der Waals surface area contributed by atoms with Crippen LogP contribution in [0.5, 0.6) is 0 Å². The number of hydrogen-bond acceptors (Lipinski definition) is 6. The summed E-state index contributed by atoms with van der Waals surface area (Å²) in [7, 11) is 0. The van der Waals surface area contributed by atoms with Crippen molar-refractivity contribution in [1.29, 1.82) is 0 Å². The summed E-state index contributed by atoms with van der Waals surface area (Å²) in [6.45, 7) is 0.834. The third-order valence-corrected chi connectivity index (χ3v) is 5.87. The standard InChI is InChI=1S/C25H21FN4O2S/c26-21-5-1-3-18(11-21)8-10-28-25-24(30(17-32)14-19-4-2-9-27-13-19)7-6-23(29-25)20-12-22(15-31)33-16-20/h1-7,9,11-13,15-17H,8,10,14H2,(H,28,29). The Balaban J connectivity index is 1.61. The van der Waals surface area contributed by atoms with E-state index in [0.29, 0.717) is 41.6 Å². The van der Waals surface area contributed by atoms with E-state index in [1.165, 1.54) is 23.5 Å². The molecule has 1 amide bonds. The maximum atomic E-state index is 13.5. The van der Waals surface area contributed by atoms with Gasteiger partial charge in [0.2, 0.25) is 6.41 Å². The highest BCUT2D eigenvalue weighted by Gasteiger charge is 2.15. The van der Waals surface area contributed by atoms with Gasteiger partial charge in [-0.3, -0.25) is 14.6 Å². The molecule has 3 heterocycles. The van der Waals surface area contributed by atoms with Gasteiger partial charge in [0.1, 0.15) is 5.82 Å². The van der Waals surface area contributed by atoms with Crippen LogP contribution in [0.15, 0.2) is 72.4 Å². The van der Waals surface area contributed by atoms with Gasteiger partial charge in [-0.25, -0.2) is 9.37 Å². The monoisotopic (exact) mass is 460 g/mol.